The molecular formula is C19H23N3O2S. The van der Waals surface area contributed by atoms with Crippen LogP contribution >= 0.6 is 0 Å². The smallest absolute Gasteiger partial charge is 0.215 e. The lowest BCUT2D eigenvalue weighted by Crippen LogP contribution is -2.27. The van der Waals surface area contributed by atoms with Gasteiger partial charge in [-0.3, -0.25) is 0 Å². The summed E-state index contributed by atoms with van der Waals surface area (Å²) in [5.74, 6) is 0.0115. The molecule has 0 bridgehead atoms. The number of nitrogens with zero attached hydrogens (tertiary/aromatic N) is 2. The molecule has 132 valence electrons. The lowest BCUT2D eigenvalue weighted by molar-refractivity contribution is 0.580. The summed E-state index contributed by atoms with van der Waals surface area (Å²) >= 11 is 0. The Morgan fingerprint density at radius 3 is 2.76 bits per heavy atom. The van der Waals surface area contributed by atoms with E-state index in [9.17, 15) is 8.42 Å². The molecule has 0 spiro atoms. The number of nitrogens with one attached hydrogen (secondary N) is 1. The summed E-state index contributed by atoms with van der Waals surface area (Å²) in [7, 11) is -1.42. The first-order valence-corrected chi connectivity index (χ1v) is 9.93. The fraction of sp³-hybridized carbons (Fsp3) is 0.316. The maximum atomic E-state index is 12.4. The number of hydrogen-bond acceptors (Lipinski definition) is 3. The summed E-state index contributed by atoms with van der Waals surface area (Å²) in [4.78, 5) is 4.36. The molecule has 1 N–H and O–H groups in total. The topological polar surface area (TPSA) is 64.0 Å². The Morgan fingerprint density at radius 2 is 1.96 bits per heavy atom. The fourth-order valence-electron chi connectivity index (χ4n) is 3.05. The number of sulfonamides is 1. The van der Waals surface area contributed by atoms with Gasteiger partial charge in [0.15, 0.2) is 0 Å². The van der Waals surface area contributed by atoms with Crippen molar-refractivity contribution < 1.29 is 8.42 Å². The molecule has 0 saturated carbocycles. The van der Waals surface area contributed by atoms with Crippen molar-refractivity contribution >= 4 is 21.1 Å². The molecule has 25 heavy (non-hydrogen) atoms. The van der Waals surface area contributed by atoms with E-state index in [2.05, 4.69) is 9.71 Å². The van der Waals surface area contributed by atoms with E-state index in [0.717, 1.165) is 33.3 Å². The standard InChI is InChI=1S/C19H23N3O2S/c1-14-6-7-15(2)17(11-14)13-25(23,24)21-10-8-16-12-22(3)19-18(16)5-4-9-20-19/h4-7,9,11-12,21H,8,10,13H2,1-3H3. The second-order valence-corrected chi connectivity index (χ2v) is 8.28. The molecule has 0 saturated heterocycles. The Balaban J connectivity index is 1.67. The Kier molecular flexibility index (Phi) is 4.92. The molecule has 1 aromatic carbocycles. The summed E-state index contributed by atoms with van der Waals surface area (Å²) < 4.78 is 29.5. The molecule has 0 radical (unpaired) electrons. The second-order valence-electron chi connectivity index (χ2n) is 6.47. The van der Waals surface area contributed by atoms with Crippen LogP contribution in [0, 0.1) is 13.8 Å². The van der Waals surface area contributed by atoms with Crippen molar-refractivity contribution in [3.8, 4) is 0 Å². The quantitative estimate of drug-likeness (QED) is 0.738. The zero-order valence-corrected chi connectivity index (χ0v) is 15.6. The number of hydrogen-bond donors (Lipinski definition) is 1. The van der Waals surface area contributed by atoms with Crippen molar-refractivity contribution in [3.63, 3.8) is 0 Å². The number of pyridine rings is 1. The van der Waals surface area contributed by atoms with E-state index in [1.54, 1.807) is 6.20 Å². The van der Waals surface area contributed by atoms with E-state index in [1.807, 2.05) is 62.0 Å². The predicted octanol–water partition coefficient (Wildman–Crippen LogP) is 2.85. The lowest BCUT2D eigenvalue weighted by Gasteiger charge is -2.09. The molecule has 0 aliphatic rings. The highest BCUT2D eigenvalue weighted by atomic mass is 32.2. The number of fused-ring (bicyclic) bond motifs is 1. The zero-order chi connectivity index (χ0) is 18.0. The van der Waals surface area contributed by atoms with Crippen LogP contribution in [0.3, 0.4) is 0 Å². The summed E-state index contributed by atoms with van der Waals surface area (Å²) in [6, 6.07) is 9.81. The van der Waals surface area contributed by atoms with Crippen LogP contribution in [0.2, 0.25) is 0 Å². The minimum absolute atomic E-state index is 0.0115. The molecular weight excluding hydrogens is 334 g/mol. The lowest BCUT2D eigenvalue weighted by atomic mass is 10.1. The molecule has 2 aromatic heterocycles. The molecule has 3 aromatic rings. The second kappa shape index (κ2) is 6.98. The number of benzene rings is 1. The van der Waals surface area contributed by atoms with Crippen LogP contribution in [0.5, 0.6) is 0 Å². The molecule has 5 nitrogen and oxygen atoms in total. The third-order valence-corrected chi connectivity index (χ3v) is 5.72. The van der Waals surface area contributed by atoms with Gasteiger partial charge in [-0.15, -0.1) is 0 Å². The molecule has 0 amide bonds. The molecule has 3 rings (SSSR count). The first kappa shape index (κ1) is 17.6. The van der Waals surface area contributed by atoms with Gasteiger partial charge >= 0.3 is 0 Å². The fourth-order valence-corrected chi connectivity index (χ4v) is 4.28. The van der Waals surface area contributed by atoms with Crippen molar-refractivity contribution in [1.29, 1.82) is 0 Å². The van der Waals surface area contributed by atoms with Gasteiger partial charge in [-0.25, -0.2) is 18.1 Å². The van der Waals surface area contributed by atoms with Crippen LogP contribution in [0.25, 0.3) is 11.0 Å². The summed E-state index contributed by atoms with van der Waals surface area (Å²) in [5.41, 5.74) is 4.92. The SMILES string of the molecule is Cc1ccc(C)c(CS(=O)(=O)NCCc2cn(C)c3ncccc23)c1. The zero-order valence-electron chi connectivity index (χ0n) is 14.8. The highest BCUT2D eigenvalue weighted by molar-refractivity contribution is 7.88. The molecule has 0 fully saturated rings. The van der Waals surface area contributed by atoms with Crippen LogP contribution in [-0.2, 0) is 29.2 Å². The van der Waals surface area contributed by atoms with E-state index in [0.29, 0.717) is 13.0 Å². The third kappa shape index (κ3) is 4.08. The van der Waals surface area contributed by atoms with E-state index >= 15 is 0 Å². The van der Waals surface area contributed by atoms with Gasteiger partial charge in [0.2, 0.25) is 10.0 Å². The first-order chi connectivity index (χ1) is 11.9. The van der Waals surface area contributed by atoms with Gasteiger partial charge in [-0.1, -0.05) is 23.8 Å². The third-order valence-electron chi connectivity index (χ3n) is 4.38. The Labute approximate surface area is 148 Å². The van der Waals surface area contributed by atoms with Gasteiger partial charge in [-0.2, -0.15) is 0 Å². The van der Waals surface area contributed by atoms with Crippen molar-refractivity contribution in [1.82, 2.24) is 14.3 Å². The van der Waals surface area contributed by atoms with Gasteiger partial charge in [0, 0.05) is 31.4 Å². The van der Waals surface area contributed by atoms with Gasteiger partial charge in [-0.05, 0) is 49.1 Å². The van der Waals surface area contributed by atoms with Crippen molar-refractivity contribution in [3.05, 3.63) is 65.0 Å². The van der Waals surface area contributed by atoms with E-state index < -0.39 is 10.0 Å². The van der Waals surface area contributed by atoms with Crippen LogP contribution in [-0.4, -0.2) is 24.5 Å². The Morgan fingerprint density at radius 1 is 1.16 bits per heavy atom. The van der Waals surface area contributed by atoms with Gasteiger partial charge in [0.25, 0.3) is 0 Å². The van der Waals surface area contributed by atoms with Crippen molar-refractivity contribution in [2.45, 2.75) is 26.0 Å². The van der Waals surface area contributed by atoms with E-state index in [4.69, 9.17) is 0 Å². The van der Waals surface area contributed by atoms with E-state index in [-0.39, 0.29) is 5.75 Å². The van der Waals surface area contributed by atoms with Crippen LogP contribution in [0.1, 0.15) is 22.3 Å². The normalized spacial score (nSPS) is 12.0. The van der Waals surface area contributed by atoms with Crippen LogP contribution in [0.4, 0.5) is 0 Å². The minimum atomic E-state index is -3.36. The van der Waals surface area contributed by atoms with E-state index in [1.165, 1.54) is 0 Å². The summed E-state index contributed by atoms with van der Waals surface area (Å²) in [6.07, 6.45) is 4.41. The van der Waals surface area contributed by atoms with Gasteiger partial charge < -0.3 is 4.57 Å². The Bertz CT molecular complexity index is 1010. The highest BCUT2D eigenvalue weighted by Crippen LogP contribution is 2.18. The molecule has 6 heteroatoms. The maximum Gasteiger partial charge on any atom is 0.215 e. The maximum absolute atomic E-state index is 12.4. The van der Waals surface area contributed by atoms with Gasteiger partial charge in [0.1, 0.15) is 5.65 Å². The van der Waals surface area contributed by atoms with Crippen molar-refractivity contribution in [2.75, 3.05) is 6.54 Å². The molecule has 0 aliphatic heterocycles. The van der Waals surface area contributed by atoms with Crippen LogP contribution < -0.4 is 4.72 Å². The molecule has 0 atom stereocenters. The molecule has 0 aliphatic carbocycles. The largest absolute Gasteiger partial charge is 0.335 e. The average Bonchev–Trinajstić information content (AvgIpc) is 2.87. The first-order valence-electron chi connectivity index (χ1n) is 8.28. The average molecular weight is 357 g/mol. The monoisotopic (exact) mass is 357 g/mol. The minimum Gasteiger partial charge on any atom is -0.335 e. The number of aryl methyl sites for hydroxylation is 3. The number of rotatable bonds is 6. The highest BCUT2D eigenvalue weighted by Gasteiger charge is 2.14. The van der Waals surface area contributed by atoms with Crippen molar-refractivity contribution in [2.24, 2.45) is 7.05 Å². The summed E-state index contributed by atoms with van der Waals surface area (Å²) in [5, 5.41) is 1.07. The predicted molar refractivity (Wildman–Crippen MR) is 101 cm³/mol. The molecule has 0 unspecified atom stereocenters. The van der Waals surface area contributed by atoms with Crippen LogP contribution in [0.15, 0.2) is 42.7 Å². The summed E-state index contributed by atoms with van der Waals surface area (Å²) in [6.45, 7) is 4.28. The van der Waals surface area contributed by atoms with Gasteiger partial charge in [0.05, 0.1) is 5.75 Å². The molecule has 2 heterocycles. The Hall–Kier alpha value is -2.18. The number of aromatic nitrogens is 2.